The zero-order valence-electron chi connectivity index (χ0n) is 12.8. The van der Waals surface area contributed by atoms with E-state index in [2.05, 4.69) is 39.9 Å². The lowest BCUT2D eigenvalue weighted by Gasteiger charge is -2.26. The first-order valence-corrected chi connectivity index (χ1v) is 8.80. The summed E-state index contributed by atoms with van der Waals surface area (Å²) < 4.78 is 5.36. The first kappa shape index (κ1) is 15.6. The number of morpholine rings is 1. The number of nitrogens with zero attached hydrogens (tertiary/aromatic N) is 2. The SMILES string of the molecule is c1ccc(-c2csc(CNCCCN3CCOCC3)n2)cc1. The van der Waals surface area contributed by atoms with Crippen molar-refractivity contribution in [3.63, 3.8) is 0 Å². The number of hydrogen-bond donors (Lipinski definition) is 1. The number of rotatable bonds is 7. The van der Waals surface area contributed by atoms with Gasteiger partial charge in [-0.1, -0.05) is 30.3 Å². The second-order valence-electron chi connectivity index (χ2n) is 5.48. The van der Waals surface area contributed by atoms with Crippen LogP contribution in [0.5, 0.6) is 0 Å². The van der Waals surface area contributed by atoms with E-state index >= 15 is 0 Å². The van der Waals surface area contributed by atoms with Crippen LogP contribution in [0.25, 0.3) is 11.3 Å². The first-order chi connectivity index (χ1) is 10.9. The summed E-state index contributed by atoms with van der Waals surface area (Å²) in [4.78, 5) is 7.17. The minimum atomic E-state index is 0.862. The van der Waals surface area contributed by atoms with Crippen molar-refractivity contribution in [2.45, 2.75) is 13.0 Å². The molecule has 0 saturated carbocycles. The highest BCUT2D eigenvalue weighted by molar-refractivity contribution is 7.09. The molecular weight excluding hydrogens is 294 g/mol. The van der Waals surface area contributed by atoms with Crippen molar-refractivity contribution >= 4 is 11.3 Å². The highest BCUT2D eigenvalue weighted by Gasteiger charge is 2.09. The Balaban J connectivity index is 1.36. The van der Waals surface area contributed by atoms with Crippen LogP contribution in [0, 0.1) is 0 Å². The standard InChI is InChI=1S/C17H23N3OS/c1-2-5-15(6-3-1)16-14-22-17(19-16)13-18-7-4-8-20-9-11-21-12-10-20/h1-3,5-6,14,18H,4,7-13H2. The summed E-state index contributed by atoms with van der Waals surface area (Å²) in [5.74, 6) is 0. The Morgan fingerprint density at radius 1 is 1.18 bits per heavy atom. The van der Waals surface area contributed by atoms with Crippen LogP contribution < -0.4 is 5.32 Å². The van der Waals surface area contributed by atoms with Crippen molar-refractivity contribution in [1.82, 2.24) is 15.2 Å². The molecule has 0 amide bonds. The molecule has 1 aliphatic heterocycles. The third kappa shape index (κ3) is 4.61. The third-order valence-corrected chi connectivity index (χ3v) is 4.68. The van der Waals surface area contributed by atoms with Crippen LogP contribution in [0.3, 0.4) is 0 Å². The molecule has 0 spiro atoms. The van der Waals surface area contributed by atoms with E-state index in [4.69, 9.17) is 9.72 Å². The lowest BCUT2D eigenvalue weighted by molar-refractivity contribution is 0.0374. The van der Waals surface area contributed by atoms with Gasteiger partial charge in [0.05, 0.1) is 18.9 Å². The van der Waals surface area contributed by atoms with Gasteiger partial charge in [-0.25, -0.2) is 4.98 Å². The second kappa shape index (κ2) is 8.39. The Kier molecular flexibility index (Phi) is 5.95. The molecule has 5 heteroatoms. The number of ether oxygens (including phenoxy) is 1. The van der Waals surface area contributed by atoms with Crippen molar-refractivity contribution in [2.24, 2.45) is 0 Å². The minimum Gasteiger partial charge on any atom is -0.379 e. The van der Waals surface area contributed by atoms with Gasteiger partial charge in [0, 0.05) is 30.6 Å². The quantitative estimate of drug-likeness (QED) is 0.797. The van der Waals surface area contributed by atoms with Gasteiger partial charge in [0.1, 0.15) is 5.01 Å². The first-order valence-electron chi connectivity index (χ1n) is 7.92. The lowest BCUT2D eigenvalue weighted by Crippen LogP contribution is -2.37. The van der Waals surface area contributed by atoms with Crippen LogP contribution in [0.4, 0.5) is 0 Å². The maximum Gasteiger partial charge on any atom is 0.107 e. The van der Waals surface area contributed by atoms with Crippen LogP contribution in [-0.2, 0) is 11.3 Å². The summed E-state index contributed by atoms with van der Waals surface area (Å²) in [5, 5.41) is 6.79. The second-order valence-corrected chi connectivity index (χ2v) is 6.42. The van der Waals surface area contributed by atoms with Gasteiger partial charge in [-0.15, -0.1) is 11.3 Å². The molecule has 1 N–H and O–H groups in total. The van der Waals surface area contributed by atoms with Crippen molar-refractivity contribution in [3.05, 3.63) is 40.7 Å². The van der Waals surface area contributed by atoms with Crippen LogP contribution in [0.1, 0.15) is 11.4 Å². The third-order valence-electron chi connectivity index (χ3n) is 3.83. The zero-order chi connectivity index (χ0) is 15.0. The maximum absolute atomic E-state index is 5.36. The van der Waals surface area contributed by atoms with Crippen LogP contribution in [0.2, 0.25) is 0 Å². The van der Waals surface area contributed by atoms with E-state index in [9.17, 15) is 0 Å². The molecule has 1 aliphatic rings. The molecule has 22 heavy (non-hydrogen) atoms. The van der Waals surface area contributed by atoms with Gasteiger partial charge >= 0.3 is 0 Å². The molecule has 1 aromatic carbocycles. The fraction of sp³-hybridized carbons (Fsp3) is 0.471. The van der Waals surface area contributed by atoms with E-state index in [1.54, 1.807) is 11.3 Å². The van der Waals surface area contributed by atoms with Gasteiger partial charge < -0.3 is 10.1 Å². The summed E-state index contributed by atoms with van der Waals surface area (Å²) >= 11 is 1.73. The maximum atomic E-state index is 5.36. The highest BCUT2D eigenvalue weighted by Crippen LogP contribution is 2.21. The smallest absolute Gasteiger partial charge is 0.107 e. The number of aromatic nitrogens is 1. The summed E-state index contributed by atoms with van der Waals surface area (Å²) in [7, 11) is 0. The van der Waals surface area contributed by atoms with Gasteiger partial charge in [-0.3, -0.25) is 4.90 Å². The average Bonchev–Trinajstić information content (AvgIpc) is 3.05. The Morgan fingerprint density at radius 3 is 2.82 bits per heavy atom. The Morgan fingerprint density at radius 2 is 2.00 bits per heavy atom. The van der Waals surface area contributed by atoms with Gasteiger partial charge in [-0.05, 0) is 19.5 Å². The molecule has 0 aliphatic carbocycles. The van der Waals surface area contributed by atoms with Crippen molar-refractivity contribution in [1.29, 1.82) is 0 Å². The van der Waals surface area contributed by atoms with Crippen molar-refractivity contribution in [3.8, 4) is 11.3 Å². The lowest BCUT2D eigenvalue weighted by atomic mass is 10.2. The van der Waals surface area contributed by atoms with Gasteiger partial charge in [0.25, 0.3) is 0 Å². The fourth-order valence-corrected chi connectivity index (χ4v) is 3.35. The van der Waals surface area contributed by atoms with E-state index in [0.717, 1.165) is 56.6 Å². The van der Waals surface area contributed by atoms with Crippen LogP contribution in [0.15, 0.2) is 35.7 Å². The van der Waals surface area contributed by atoms with E-state index in [1.165, 1.54) is 12.0 Å². The van der Waals surface area contributed by atoms with Crippen LogP contribution >= 0.6 is 11.3 Å². The van der Waals surface area contributed by atoms with Crippen LogP contribution in [-0.4, -0.2) is 49.3 Å². The zero-order valence-corrected chi connectivity index (χ0v) is 13.6. The summed E-state index contributed by atoms with van der Waals surface area (Å²) in [6.07, 6.45) is 1.18. The molecule has 0 bridgehead atoms. The highest BCUT2D eigenvalue weighted by atomic mass is 32.1. The van der Waals surface area contributed by atoms with Gasteiger partial charge in [-0.2, -0.15) is 0 Å². The topological polar surface area (TPSA) is 37.4 Å². The van der Waals surface area contributed by atoms with Crippen molar-refractivity contribution < 1.29 is 4.74 Å². The van der Waals surface area contributed by atoms with Gasteiger partial charge in [0.2, 0.25) is 0 Å². The molecule has 0 unspecified atom stereocenters. The number of thiazole rings is 1. The fourth-order valence-electron chi connectivity index (χ4n) is 2.58. The predicted molar refractivity (Wildman–Crippen MR) is 91.1 cm³/mol. The predicted octanol–water partition coefficient (Wildman–Crippen LogP) is 2.62. The molecule has 0 atom stereocenters. The van der Waals surface area contributed by atoms with E-state index in [1.807, 2.05) is 6.07 Å². The number of nitrogens with one attached hydrogen (secondary N) is 1. The molecular formula is C17H23N3OS. The molecule has 2 heterocycles. The molecule has 1 aromatic heterocycles. The molecule has 4 nitrogen and oxygen atoms in total. The monoisotopic (exact) mass is 317 g/mol. The Labute approximate surface area is 136 Å². The largest absolute Gasteiger partial charge is 0.379 e. The number of hydrogen-bond acceptors (Lipinski definition) is 5. The molecule has 3 rings (SSSR count). The molecule has 1 fully saturated rings. The molecule has 118 valence electrons. The molecule has 0 radical (unpaired) electrons. The van der Waals surface area contributed by atoms with E-state index < -0.39 is 0 Å². The van der Waals surface area contributed by atoms with Gasteiger partial charge in [0.15, 0.2) is 0 Å². The normalized spacial score (nSPS) is 16.0. The van der Waals surface area contributed by atoms with E-state index in [0.29, 0.717) is 0 Å². The summed E-state index contributed by atoms with van der Waals surface area (Å²) in [5.41, 5.74) is 2.27. The summed E-state index contributed by atoms with van der Waals surface area (Å²) in [6, 6.07) is 10.4. The minimum absolute atomic E-state index is 0.862. The summed E-state index contributed by atoms with van der Waals surface area (Å²) in [6.45, 7) is 6.98. The average molecular weight is 317 g/mol. The van der Waals surface area contributed by atoms with E-state index in [-0.39, 0.29) is 0 Å². The Bertz CT molecular complexity index is 552. The Hall–Kier alpha value is -1.27. The number of benzene rings is 1. The van der Waals surface area contributed by atoms with Crippen molar-refractivity contribution in [2.75, 3.05) is 39.4 Å². The molecule has 2 aromatic rings. The molecule has 1 saturated heterocycles.